The summed E-state index contributed by atoms with van der Waals surface area (Å²) in [6, 6.07) is 17.0. The predicted molar refractivity (Wildman–Crippen MR) is 137 cm³/mol. The zero-order valence-electron chi connectivity index (χ0n) is 19.5. The van der Waals surface area contributed by atoms with Crippen molar-refractivity contribution in [2.45, 2.75) is 20.8 Å². The molecule has 5 rings (SSSR count). The number of nitrogens with zero attached hydrogens (tertiary/aromatic N) is 3. The number of nitrogens with one attached hydrogen (secondary N) is 1. The number of pyridine rings is 1. The first kappa shape index (κ1) is 22.1. The van der Waals surface area contributed by atoms with Crippen LogP contribution >= 0.6 is 0 Å². The molecule has 0 radical (unpaired) electrons. The lowest BCUT2D eigenvalue weighted by molar-refractivity contribution is 0.588. The van der Waals surface area contributed by atoms with Crippen molar-refractivity contribution >= 4 is 28.4 Å². The van der Waals surface area contributed by atoms with Crippen LogP contribution in [0.2, 0.25) is 0 Å². The minimum Gasteiger partial charge on any atom is -0.455 e. The van der Waals surface area contributed by atoms with E-state index in [2.05, 4.69) is 27.1 Å². The van der Waals surface area contributed by atoms with Crippen molar-refractivity contribution in [3.8, 4) is 22.9 Å². The number of nitrogen functional groups attached to an aromatic ring is 1. The summed E-state index contributed by atoms with van der Waals surface area (Å²) < 4.78 is 11.8. The maximum Gasteiger partial charge on any atom is 0.313 e. The summed E-state index contributed by atoms with van der Waals surface area (Å²) >= 11 is 0. The molecule has 0 atom stereocenters. The van der Waals surface area contributed by atoms with Gasteiger partial charge >= 0.3 is 6.01 Å². The van der Waals surface area contributed by atoms with Crippen molar-refractivity contribution < 1.29 is 8.83 Å². The Morgan fingerprint density at radius 2 is 1.77 bits per heavy atom. The molecular formula is C27H23N5O3. The Hall–Kier alpha value is -4.72. The second kappa shape index (κ2) is 8.57. The molecule has 3 heterocycles. The van der Waals surface area contributed by atoms with E-state index in [1.165, 1.54) is 0 Å². The van der Waals surface area contributed by atoms with E-state index in [1.54, 1.807) is 6.92 Å². The van der Waals surface area contributed by atoms with Crippen molar-refractivity contribution in [2.24, 2.45) is 0 Å². The quantitative estimate of drug-likeness (QED) is 0.349. The maximum atomic E-state index is 13.3. The van der Waals surface area contributed by atoms with E-state index in [-0.39, 0.29) is 17.3 Å². The van der Waals surface area contributed by atoms with E-state index < -0.39 is 0 Å². The molecular weight excluding hydrogens is 442 g/mol. The Morgan fingerprint density at radius 3 is 2.49 bits per heavy atom. The summed E-state index contributed by atoms with van der Waals surface area (Å²) in [4.78, 5) is 17.9. The fourth-order valence-electron chi connectivity index (χ4n) is 4.01. The van der Waals surface area contributed by atoms with E-state index in [9.17, 15) is 4.79 Å². The van der Waals surface area contributed by atoms with Gasteiger partial charge in [0.15, 0.2) is 11.1 Å². The normalized spacial score (nSPS) is 11.1. The van der Waals surface area contributed by atoms with Crippen molar-refractivity contribution in [2.75, 3.05) is 11.1 Å². The van der Waals surface area contributed by atoms with Gasteiger partial charge in [0.1, 0.15) is 11.3 Å². The minimum absolute atomic E-state index is 0.0525. The van der Waals surface area contributed by atoms with E-state index >= 15 is 0 Å². The summed E-state index contributed by atoms with van der Waals surface area (Å²) in [6.07, 6.45) is 0. The monoisotopic (exact) mass is 465 g/mol. The Balaban J connectivity index is 1.65. The Bertz CT molecular complexity index is 1650. The topological polar surface area (TPSA) is 120 Å². The number of rotatable bonds is 5. The molecule has 8 heteroatoms. The third kappa shape index (κ3) is 4.06. The summed E-state index contributed by atoms with van der Waals surface area (Å²) in [6.45, 7) is 9.80. The average molecular weight is 466 g/mol. The van der Waals surface area contributed by atoms with Crippen LogP contribution in [0.1, 0.15) is 22.4 Å². The van der Waals surface area contributed by atoms with E-state index in [1.807, 2.05) is 68.4 Å². The van der Waals surface area contributed by atoms with Crippen LogP contribution in [-0.4, -0.2) is 15.2 Å². The van der Waals surface area contributed by atoms with Crippen molar-refractivity contribution in [3.05, 3.63) is 93.8 Å². The molecule has 0 fully saturated rings. The van der Waals surface area contributed by atoms with Gasteiger partial charge in [0.25, 0.3) is 5.89 Å². The van der Waals surface area contributed by atoms with E-state index in [0.717, 1.165) is 16.8 Å². The van der Waals surface area contributed by atoms with Gasteiger partial charge in [-0.25, -0.2) is 4.98 Å². The highest BCUT2D eigenvalue weighted by Crippen LogP contribution is 2.33. The molecule has 3 N–H and O–H groups in total. The van der Waals surface area contributed by atoms with Gasteiger partial charge in [0, 0.05) is 28.1 Å². The molecule has 0 amide bonds. The third-order valence-electron chi connectivity index (χ3n) is 5.69. The SMILES string of the molecule is C=C(Nc1ccc(C)nc1-c1nnc(N)o1)c1cc(C)cc2c(=O)c(C)c(-c3ccccc3)oc12. The molecule has 35 heavy (non-hydrogen) atoms. The Morgan fingerprint density at radius 1 is 1.00 bits per heavy atom. The van der Waals surface area contributed by atoms with Crippen LogP contribution in [0.3, 0.4) is 0 Å². The van der Waals surface area contributed by atoms with E-state index in [4.69, 9.17) is 14.6 Å². The number of benzene rings is 2. The number of aromatic nitrogens is 3. The van der Waals surface area contributed by atoms with Gasteiger partial charge in [0.05, 0.1) is 11.1 Å². The summed E-state index contributed by atoms with van der Waals surface area (Å²) in [5, 5.41) is 11.5. The van der Waals surface area contributed by atoms with Crippen LogP contribution in [-0.2, 0) is 0 Å². The number of hydrogen-bond donors (Lipinski definition) is 2. The summed E-state index contributed by atoms with van der Waals surface area (Å²) in [7, 11) is 0. The third-order valence-corrected chi connectivity index (χ3v) is 5.69. The van der Waals surface area contributed by atoms with Crippen molar-refractivity contribution in [3.63, 3.8) is 0 Å². The maximum absolute atomic E-state index is 13.3. The Kier molecular flexibility index (Phi) is 5.41. The lowest BCUT2D eigenvalue weighted by atomic mass is 10.0. The molecule has 0 aliphatic heterocycles. The molecule has 0 unspecified atom stereocenters. The zero-order valence-corrected chi connectivity index (χ0v) is 19.5. The molecule has 2 aromatic carbocycles. The van der Waals surface area contributed by atoms with Gasteiger partial charge in [-0.15, -0.1) is 5.10 Å². The fourth-order valence-corrected chi connectivity index (χ4v) is 4.01. The van der Waals surface area contributed by atoms with Gasteiger partial charge in [-0.1, -0.05) is 42.0 Å². The predicted octanol–water partition coefficient (Wildman–Crippen LogP) is 5.50. The molecule has 5 aromatic rings. The van der Waals surface area contributed by atoms with Gasteiger partial charge in [-0.05, 0) is 50.6 Å². The average Bonchev–Trinajstić information content (AvgIpc) is 3.29. The van der Waals surface area contributed by atoms with Crippen LogP contribution in [0.15, 0.2) is 74.8 Å². The van der Waals surface area contributed by atoms with Gasteiger partial charge < -0.3 is 19.9 Å². The van der Waals surface area contributed by atoms with Gasteiger partial charge in [0.2, 0.25) is 0 Å². The smallest absolute Gasteiger partial charge is 0.313 e. The van der Waals surface area contributed by atoms with Crippen LogP contribution in [0.25, 0.3) is 39.6 Å². The lowest BCUT2D eigenvalue weighted by Gasteiger charge is -2.16. The number of anilines is 2. The zero-order chi connectivity index (χ0) is 24.7. The molecule has 0 saturated carbocycles. The van der Waals surface area contributed by atoms with E-state index in [0.29, 0.717) is 44.9 Å². The molecule has 174 valence electrons. The fraction of sp³-hybridized carbons (Fsp3) is 0.111. The summed E-state index contributed by atoms with van der Waals surface area (Å²) in [5.74, 6) is 0.712. The molecule has 0 aliphatic rings. The standard InChI is InChI=1S/C27H23N5O3/c1-14-12-19(17(4)30-21-11-10-15(2)29-22(21)26-31-32-27(28)35-26)25-20(13-14)23(33)16(3)24(34-25)18-8-6-5-7-9-18/h5-13,30H,4H2,1-3H3,(H2,28,32). The Labute approximate surface area is 201 Å². The summed E-state index contributed by atoms with van der Waals surface area (Å²) in [5.41, 5.74) is 11.2. The van der Waals surface area contributed by atoms with Crippen molar-refractivity contribution in [1.29, 1.82) is 0 Å². The molecule has 0 saturated heterocycles. The van der Waals surface area contributed by atoms with Gasteiger partial charge in [-0.2, -0.15) is 0 Å². The van der Waals surface area contributed by atoms with Crippen LogP contribution in [0.5, 0.6) is 0 Å². The number of nitrogens with two attached hydrogens (primary N) is 1. The van der Waals surface area contributed by atoms with Crippen LogP contribution < -0.4 is 16.5 Å². The first-order valence-corrected chi connectivity index (χ1v) is 11.0. The number of fused-ring (bicyclic) bond motifs is 1. The second-order valence-corrected chi connectivity index (χ2v) is 8.34. The highest BCUT2D eigenvalue weighted by Gasteiger charge is 2.19. The molecule has 3 aromatic heterocycles. The molecule has 0 aliphatic carbocycles. The van der Waals surface area contributed by atoms with Crippen LogP contribution in [0, 0.1) is 20.8 Å². The van der Waals surface area contributed by atoms with Crippen LogP contribution in [0.4, 0.5) is 11.7 Å². The molecule has 0 bridgehead atoms. The first-order chi connectivity index (χ1) is 16.8. The van der Waals surface area contributed by atoms with Crippen molar-refractivity contribution in [1.82, 2.24) is 15.2 Å². The highest BCUT2D eigenvalue weighted by atomic mass is 16.4. The molecule has 8 nitrogen and oxygen atoms in total. The van der Waals surface area contributed by atoms with Gasteiger partial charge in [-0.3, -0.25) is 4.79 Å². The highest BCUT2D eigenvalue weighted by molar-refractivity contribution is 5.94. The first-order valence-electron chi connectivity index (χ1n) is 11.0. The number of hydrogen-bond acceptors (Lipinski definition) is 8. The number of aryl methyl sites for hydroxylation is 2. The largest absolute Gasteiger partial charge is 0.455 e. The minimum atomic E-state index is -0.0816. The lowest BCUT2D eigenvalue weighted by Crippen LogP contribution is -2.10. The second-order valence-electron chi connectivity index (χ2n) is 8.34. The molecule has 0 spiro atoms.